The molecule has 0 atom stereocenters. The Labute approximate surface area is 144 Å². The van der Waals surface area contributed by atoms with Crippen LogP contribution in [0.4, 0.5) is 0 Å². The molecule has 1 aromatic heterocycles. The van der Waals surface area contributed by atoms with Gasteiger partial charge < -0.3 is 19.3 Å². The summed E-state index contributed by atoms with van der Waals surface area (Å²) in [6, 6.07) is 8.13. The second kappa shape index (κ2) is 7.81. The van der Waals surface area contributed by atoms with Crippen molar-refractivity contribution < 1.29 is 9.47 Å². The lowest BCUT2D eigenvalue weighted by molar-refractivity contribution is 0.153. The number of aromatic nitrogens is 1. The summed E-state index contributed by atoms with van der Waals surface area (Å²) in [4.78, 5) is 9.58. The maximum Gasteiger partial charge on any atom is 0.216 e. The molecule has 1 aliphatic heterocycles. The van der Waals surface area contributed by atoms with Crippen molar-refractivity contribution in [3.8, 4) is 11.6 Å². The Hall–Kier alpha value is -1.85. The predicted octanol–water partition coefficient (Wildman–Crippen LogP) is 2.43. The molecule has 130 valence electrons. The summed E-state index contributed by atoms with van der Waals surface area (Å²) in [6.07, 6.45) is 2.10. The van der Waals surface area contributed by atoms with E-state index in [1.165, 1.54) is 31.7 Å². The van der Waals surface area contributed by atoms with E-state index in [9.17, 15) is 0 Å². The van der Waals surface area contributed by atoms with Crippen LogP contribution in [0.15, 0.2) is 24.3 Å². The monoisotopic (exact) mass is 329 g/mol. The zero-order valence-corrected chi connectivity index (χ0v) is 14.9. The molecule has 2 heterocycles. The first kappa shape index (κ1) is 17.0. The van der Waals surface area contributed by atoms with Crippen molar-refractivity contribution in [1.29, 1.82) is 0 Å². The summed E-state index contributed by atoms with van der Waals surface area (Å²) in [5.41, 5.74) is 2.11. The van der Waals surface area contributed by atoms with Crippen LogP contribution in [0.2, 0.25) is 0 Å². The van der Waals surface area contributed by atoms with Gasteiger partial charge in [0.2, 0.25) is 5.88 Å². The van der Waals surface area contributed by atoms with Crippen LogP contribution in [0, 0.1) is 0 Å². The Bertz CT molecular complexity index is 682. The normalized spacial score (nSPS) is 16.5. The van der Waals surface area contributed by atoms with Gasteiger partial charge in [0.1, 0.15) is 5.75 Å². The molecule has 0 aliphatic carbocycles. The summed E-state index contributed by atoms with van der Waals surface area (Å²) in [7, 11) is 5.58. The van der Waals surface area contributed by atoms with Crippen molar-refractivity contribution in [3.63, 3.8) is 0 Å². The van der Waals surface area contributed by atoms with Gasteiger partial charge in [0.25, 0.3) is 0 Å². The number of fused-ring (bicyclic) bond motifs is 1. The summed E-state index contributed by atoms with van der Waals surface area (Å²) in [5, 5.41) is 1.10. The Morgan fingerprint density at radius 1 is 1.04 bits per heavy atom. The first-order valence-electron chi connectivity index (χ1n) is 8.62. The van der Waals surface area contributed by atoms with Crippen LogP contribution in [0.1, 0.15) is 12.0 Å². The van der Waals surface area contributed by atoms with Crippen LogP contribution in [0.3, 0.4) is 0 Å². The van der Waals surface area contributed by atoms with Gasteiger partial charge in [0, 0.05) is 37.1 Å². The minimum Gasteiger partial charge on any atom is -0.497 e. The summed E-state index contributed by atoms with van der Waals surface area (Å²) >= 11 is 0. The lowest BCUT2D eigenvalue weighted by Gasteiger charge is -2.32. The molecule has 24 heavy (non-hydrogen) atoms. The zero-order valence-electron chi connectivity index (χ0n) is 14.9. The smallest absolute Gasteiger partial charge is 0.216 e. The van der Waals surface area contributed by atoms with Crippen LogP contribution < -0.4 is 9.47 Å². The lowest BCUT2D eigenvalue weighted by Crippen LogP contribution is -2.44. The van der Waals surface area contributed by atoms with Gasteiger partial charge >= 0.3 is 0 Å². The Morgan fingerprint density at radius 3 is 2.54 bits per heavy atom. The molecule has 0 amide bonds. The third kappa shape index (κ3) is 3.97. The molecule has 1 fully saturated rings. The number of piperazine rings is 1. The van der Waals surface area contributed by atoms with Gasteiger partial charge in [-0.2, -0.15) is 0 Å². The topological polar surface area (TPSA) is 37.8 Å². The number of pyridine rings is 1. The van der Waals surface area contributed by atoms with Crippen molar-refractivity contribution in [2.45, 2.75) is 12.8 Å². The zero-order chi connectivity index (χ0) is 16.9. The number of hydrogen-bond acceptors (Lipinski definition) is 5. The van der Waals surface area contributed by atoms with Crippen LogP contribution >= 0.6 is 0 Å². The highest BCUT2D eigenvalue weighted by atomic mass is 16.5. The van der Waals surface area contributed by atoms with Gasteiger partial charge in [-0.05, 0) is 50.7 Å². The number of ether oxygens (including phenoxy) is 2. The summed E-state index contributed by atoms with van der Waals surface area (Å²) < 4.78 is 10.8. The molecule has 0 unspecified atom stereocenters. The van der Waals surface area contributed by atoms with E-state index in [4.69, 9.17) is 9.47 Å². The molecule has 0 saturated carbocycles. The third-order valence-corrected chi connectivity index (χ3v) is 4.77. The minimum absolute atomic E-state index is 0.742. The number of likely N-dealkylation sites (N-methyl/N-ethyl adjacent to an activating group) is 1. The SMILES string of the molecule is COc1ccc2nc(OC)c(CCCN3CCN(C)CC3)cc2c1. The van der Waals surface area contributed by atoms with Gasteiger partial charge in [0.05, 0.1) is 19.7 Å². The van der Waals surface area contributed by atoms with E-state index in [1.54, 1.807) is 14.2 Å². The molecule has 1 aliphatic rings. The van der Waals surface area contributed by atoms with Crippen molar-refractivity contribution >= 4 is 10.9 Å². The number of benzene rings is 1. The van der Waals surface area contributed by atoms with Crippen LogP contribution in [0.5, 0.6) is 11.6 Å². The quantitative estimate of drug-likeness (QED) is 0.814. The third-order valence-electron chi connectivity index (χ3n) is 4.77. The van der Waals surface area contributed by atoms with Crippen LogP contribution in [0.25, 0.3) is 10.9 Å². The maximum absolute atomic E-state index is 5.50. The number of aryl methyl sites for hydroxylation is 1. The molecule has 0 spiro atoms. The summed E-state index contributed by atoms with van der Waals surface area (Å²) in [6.45, 7) is 5.80. The minimum atomic E-state index is 0.742. The second-order valence-corrected chi connectivity index (χ2v) is 6.46. The molecule has 3 rings (SSSR count). The number of nitrogens with zero attached hydrogens (tertiary/aromatic N) is 3. The molecule has 2 aromatic rings. The fraction of sp³-hybridized carbons (Fsp3) is 0.526. The van der Waals surface area contributed by atoms with E-state index in [2.05, 4.69) is 27.9 Å². The largest absolute Gasteiger partial charge is 0.497 e. The van der Waals surface area contributed by atoms with Crippen molar-refractivity contribution in [3.05, 3.63) is 29.8 Å². The lowest BCUT2D eigenvalue weighted by atomic mass is 10.1. The molecule has 0 bridgehead atoms. The van der Waals surface area contributed by atoms with Gasteiger partial charge in [-0.1, -0.05) is 0 Å². The van der Waals surface area contributed by atoms with E-state index in [1.807, 2.05) is 18.2 Å². The predicted molar refractivity (Wildman–Crippen MR) is 97.1 cm³/mol. The van der Waals surface area contributed by atoms with Crippen molar-refractivity contribution in [2.75, 3.05) is 54.0 Å². The Kier molecular flexibility index (Phi) is 5.53. The van der Waals surface area contributed by atoms with E-state index >= 15 is 0 Å². The molecule has 5 nitrogen and oxygen atoms in total. The molecule has 1 saturated heterocycles. The highest BCUT2D eigenvalue weighted by Gasteiger charge is 2.14. The van der Waals surface area contributed by atoms with Gasteiger partial charge in [-0.15, -0.1) is 0 Å². The van der Waals surface area contributed by atoms with Crippen LogP contribution in [-0.2, 0) is 6.42 Å². The fourth-order valence-corrected chi connectivity index (χ4v) is 3.23. The number of methoxy groups -OCH3 is 2. The first-order chi connectivity index (χ1) is 11.7. The maximum atomic E-state index is 5.50. The molecule has 5 heteroatoms. The van der Waals surface area contributed by atoms with E-state index in [-0.39, 0.29) is 0 Å². The van der Waals surface area contributed by atoms with E-state index in [0.717, 1.165) is 41.9 Å². The molecule has 0 radical (unpaired) electrons. The molecule has 1 aromatic carbocycles. The summed E-state index contributed by atoms with van der Waals surface area (Å²) in [5.74, 6) is 1.60. The Balaban J connectivity index is 1.68. The van der Waals surface area contributed by atoms with Crippen molar-refractivity contribution in [1.82, 2.24) is 14.8 Å². The first-order valence-corrected chi connectivity index (χ1v) is 8.62. The number of rotatable bonds is 6. The second-order valence-electron chi connectivity index (χ2n) is 6.46. The highest BCUT2D eigenvalue weighted by Crippen LogP contribution is 2.26. The average Bonchev–Trinajstić information content (AvgIpc) is 2.62. The highest BCUT2D eigenvalue weighted by molar-refractivity contribution is 5.81. The van der Waals surface area contributed by atoms with Gasteiger partial charge in [-0.25, -0.2) is 4.98 Å². The molecule has 0 N–H and O–H groups in total. The van der Waals surface area contributed by atoms with E-state index < -0.39 is 0 Å². The standard InChI is InChI=1S/C19H27N3O2/c1-21-9-11-22(12-10-21)8-4-5-15-13-16-14-17(23-2)6-7-18(16)20-19(15)24-3/h6-7,13-14H,4-5,8-12H2,1-3H3. The van der Waals surface area contributed by atoms with Crippen molar-refractivity contribution in [2.24, 2.45) is 0 Å². The van der Waals surface area contributed by atoms with Crippen LogP contribution in [-0.4, -0.2) is 68.8 Å². The molecular formula is C19H27N3O2. The number of hydrogen-bond donors (Lipinski definition) is 0. The van der Waals surface area contributed by atoms with E-state index in [0.29, 0.717) is 0 Å². The Morgan fingerprint density at radius 2 is 1.83 bits per heavy atom. The fourth-order valence-electron chi connectivity index (χ4n) is 3.23. The molecular weight excluding hydrogens is 302 g/mol. The van der Waals surface area contributed by atoms with Gasteiger partial charge in [0.15, 0.2) is 0 Å². The van der Waals surface area contributed by atoms with Gasteiger partial charge in [-0.3, -0.25) is 0 Å². The average molecular weight is 329 g/mol.